The molecule has 0 unspecified atom stereocenters. The minimum absolute atomic E-state index is 0.250. The van der Waals surface area contributed by atoms with E-state index in [1.54, 1.807) is 0 Å². The predicted octanol–water partition coefficient (Wildman–Crippen LogP) is 3.45. The van der Waals surface area contributed by atoms with Crippen molar-refractivity contribution in [3.05, 3.63) is 46.2 Å². The summed E-state index contributed by atoms with van der Waals surface area (Å²) in [6.45, 7) is 5.99. The van der Waals surface area contributed by atoms with Gasteiger partial charge in [0.05, 0.1) is 6.67 Å². The smallest absolute Gasteiger partial charge is 0.0873 e. The van der Waals surface area contributed by atoms with E-state index in [-0.39, 0.29) is 6.61 Å². The van der Waals surface area contributed by atoms with Gasteiger partial charge in [-0.05, 0) is 24.5 Å². The zero-order valence-electron chi connectivity index (χ0n) is 11.7. The maximum atomic E-state index is 8.87. The second-order valence-corrected chi connectivity index (χ2v) is 4.97. The van der Waals surface area contributed by atoms with Crippen LogP contribution in [0.3, 0.4) is 0 Å². The van der Waals surface area contributed by atoms with E-state index in [4.69, 9.17) is 5.11 Å². The Labute approximate surface area is 124 Å². The second kappa shape index (κ2) is 8.99. The van der Waals surface area contributed by atoms with Crippen LogP contribution in [0.2, 0.25) is 0 Å². The lowest BCUT2D eigenvalue weighted by Crippen LogP contribution is -2.23. The first-order chi connectivity index (χ1) is 9.31. The number of hydrogen-bond acceptors (Lipinski definition) is 3. The van der Waals surface area contributed by atoms with E-state index < -0.39 is 0 Å². The van der Waals surface area contributed by atoms with Crippen LogP contribution < -0.4 is 5.32 Å². The molecule has 0 aromatic heterocycles. The molecule has 3 nitrogen and oxygen atoms in total. The summed E-state index contributed by atoms with van der Waals surface area (Å²) in [5.41, 5.74) is 2.56. The number of benzene rings is 1. The third-order valence-electron chi connectivity index (χ3n) is 2.87. The Kier molecular flexibility index (Phi) is 7.60. The molecule has 106 valence electrons. The predicted molar refractivity (Wildman–Crippen MR) is 83.4 cm³/mol. The molecule has 4 heteroatoms. The van der Waals surface area contributed by atoms with Crippen molar-refractivity contribution in [2.45, 2.75) is 33.2 Å². The maximum Gasteiger partial charge on any atom is 0.0873 e. The van der Waals surface area contributed by atoms with Gasteiger partial charge in [0.25, 0.3) is 0 Å². The Bertz CT molecular complexity index is 407. The lowest BCUT2D eigenvalue weighted by atomic mass is 10.2. The number of nitrogens with one attached hydrogen (secondary N) is 1. The SMILES string of the molecule is CC.OCCCC1=CNCN1Cc1ccccc1Br. The topological polar surface area (TPSA) is 35.5 Å². The standard InChI is InChI=1S/C13H17BrN2O.C2H6/c14-13-6-2-1-4-11(13)9-16-10-15-8-12(16)5-3-7-17;1-2/h1-2,4,6,8,15,17H,3,5,7,9-10H2;1-2H3. The summed E-state index contributed by atoms with van der Waals surface area (Å²) in [5, 5.41) is 12.1. The summed E-state index contributed by atoms with van der Waals surface area (Å²) < 4.78 is 1.15. The fraction of sp³-hybridized carbons (Fsp3) is 0.467. The third kappa shape index (κ3) is 4.88. The fourth-order valence-corrected chi connectivity index (χ4v) is 2.36. The van der Waals surface area contributed by atoms with E-state index in [9.17, 15) is 0 Å². The number of halogens is 1. The monoisotopic (exact) mass is 326 g/mol. The molecule has 0 aliphatic carbocycles. The van der Waals surface area contributed by atoms with E-state index in [1.165, 1.54) is 11.3 Å². The van der Waals surface area contributed by atoms with Crippen molar-refractivity contribution < 1.29 is 5.11 Å². The van der Waals surface area contributed by atoms with Crippen molar-refractivity contribution in [1.29, 1.82) is 0 Å². The highest BCUT2D eigenvalue weighted by molar-refractivity contribution is 9.10. The van der Waals surface area contributed by atoms with E-state index in [0.717, 1.165) is 30.5 Å². The Morgan fingerprint density at radius 1 is 1.32 bits per heavy atom. The van der Waals surface area contributed by atoms with Crippen molar-refractivity contribution >= 4 is 15.9 Å². The van der Waals surface area contributed by atoms with Crippen LogP contribution in [0.4, 0.5) is 0 Å². The Morgan fingerprint density at radius 2 is 2.05 bits per heavy atom. The van der Waals surface area contributed by atoms with Crippen molar-refractivity contribution in [3.63, 3.8) is 0 Å². The molecule has 1 aromatic rings. The number of nitrogens with zero attached hydrogens (tertiary/aromatic N) is 1. The number of hydrogen-bond donors (Lipinski definition) is 2. The van der Waals surface area contributed by atoms with E-state index in [2.05, 4.69) is 44.3 Å². The minimum atomic E-state index is 0.250. The summed E-state index contributed by atoms with van der Waals surface area (Å²) in [6, 6.07) is 8.28. The van der Waals surface area contributed by atoms with Crippen molar-refractivity contribution in [2.75, 3.05) is 13.3 Å². The first kappa shape index (κ1) is 16.1. The minimum Gasteiger partial charge on any atom is -0.396 e. The van der Waals surface area contributed by atoms with Crippen LogP contribution in [-0.4, -0.2) is 23.3 Å². The van der Waals surface area contributed by atoms with Crippen LogP contribution in [0.25, 0.3) is 0 Å². The molecule has 0 atom stereocenters. The summed E-state index contributed by atoms with van der Waals surface area (Å²) in [5.74, 6) is 0. The van der Waals surface area contributed by atoms with Gasteiger partial charge in [0.15, 0.2) is 0 Å². The number of aliphatic hydroxyl groups excluding tert-OH is 1. The summed E-state index contributed by atoms with van der Waals surface area (Å²) in [4.78, 5) is 2.30. The van der Waals surface area contributed by atoms with Gasteiger partial charge < -0.3 is 15.3 Å². The maximum absolute atomic E-state index is 8.87. The number of allylic oxidation sites excluding steroid dienone is 1. The summed E-state index contributed by atoms with van der Waals surface area (Å²) in [6.07, 6.45) is 3.79. The van der Waals surface area contributed by atoms with Crippen molar-refractivity contribution in [1.82, 2.24) is 10.2 Å². The zero-order valence-corrected chi connectivity index (χ0v) is 13.3. The number of aliphatic hydroxyl groups is 1. The van der Waals surface area contributed by atoms with Gasteiger partial charge in [-0.2, -0.15) is 0 Å². The molecule has 0 fully saturated rings. The molecule has 0 amide bonds. The molecule has 0 radical (unpaired) electrons. The highest BCUT2D eigenvalue weighted by atomic mass is 79.9. The van der Waals surface area contributed by atoms with Gasteiger partial charge in [-0.15, -0.1) is 0 Å². The molecule has 19 heavy (non-hydrogen) atoms. The Balaban J connectivity index is 0.000000861. The Hall–Kier alpha value is -1.000. The third-order valence-corrected chi connectivity index (χ3v) is 3.64. The molecule has 1 heterocycles. The van der Waals surface area contributed by atoms with Crippen LogP contribution >= 0.6 is 15.9 Å². The molecule has 0 spiro atoms. The van der Waals surface area contributed by atoms with Crippen LogP contribution in [-0.2, 0) is 6.54 Å². The molecule has 1 aromatic carbocycles. The quantitative estimate of drug-likeness (QED) is 0.869. The molecule has 1 aliphatic heterocycles. The highest BCUT2D eigenvalue weighted by Gasteiger charge is 2.15. The molecular formula is C15H23BrN2O. The molecule has 0 saturated carbocycles. The van der Waals surface area contributed by atoms with Gasteiger partial charge in [-0.3, -0.25) is 0 Å². The largest absolute Gasteiger partial charge is 0.396 e. The molecular weight excluding hydrogens is 304 g/mol. The first-order valence-electron chi connectivity index (χ1n) is 6.83. The zero-order chi connectivity index (χ0) is 14.1. The molecule has 2 N–H and O–H groups in total. The molecule has 1 aliphatic rings. The first-order valence-corrected chi connectivity index (χ1v) is 7.62. The van der Waals surface area contributed by atoms with Crippen molar-refractivity contribution in [3.8, 4) is 0 Å². The van der Waals surface area contributed by atoms with Gasteiger partial charge >= 0.3 is 0 Å². The Morgan fingerprint density at radius 3 is 2.74 bits per heavy atom. The molecule has 0 bridgehead atoms. The van der Waals surface area contributed by atoms with Crippen LogP contribution in [0.1, 0.15) is 32.3 Å². The van der Waals surface area contributed by atoms with Crippen LogP contribution in [0.5, 0.6) is 0 Å². The average molecular weight is 327 g/mol. The van der Waals surface area contributed by atoms with Gasteiger partial charge in [0.2, 0.25) is 0 Å². The van der Waals surface area contributed by atoms with E-state index in [0.29, 0.717) is 0 Å². The summed E-state index contributed by atoms with van der Waals surface area (Å²) in [7, 11) is 0. The van der Waals surface area contributed by atoms with Gasteiger partial charge in [-0.25, -0.2) is 0 Å². The lowest BCUT2D eigenvalue weighted by Gasteiger charge is -2.22. The van der Waals surface area contributed by atoms with E-state index in [1.807, 2.05) is 26.1 Å². The van der Waals surface area contributed by atoms with Crippen LogP contribution in [0, 0.1) is 0 Å². The highest BCUT2D eigenvalue weighted by Crippen LogP contribution is 2.22. The lowest BCUT2D eigenvalue weighted by molar-refractivity contribution is 0.276. The number of rotatable bonds is 5. The second-order valence-electron chi connectivity index (χ2n) is 4.11. The van der Waals surface area contributed by atoms with Crippen molar-refractivity contribution in [2.24, 2.45) is 0 Å². The van der Waals surface area contributed by atoms with Gasteiger partial charge in [0.1, 0.15) is 0 Å². The normalized spacial score (nSPS) is 13.5. The summed E-state index contributed by atoms with van der Waals surface area (Å²) >= 11 is 3.57. The van der Waals surface area contributed by atoms with Gasteiger partial charge in [0, 0.05) is 29.5 Å². The average Bonchev–Trinajstić information content (AvgIpc) is 2.89. The molecule has 2 rings (SSSR count). The van der Waals surface area contributed by atoms with Crippen LogP contribution in [0.15, 0.2) is 40.6 Å². The van der Waals surface area contributed by atoms with E-state index >= 15 is 0 Å². The van der Waals surface area contributed by atoms with Gasteiger partial charge in [-0.1, -0.05) is 48.0 Å². The molecule has 0 saturated heterocycles. The fourth-order valence-electron chi connectivity index (χ4n) is 1.95.